The van der Waals surface area contributed by atoms with E-state index in [-0.39, 0.29) is 10.8 Å². The molecule has 0 amide bonds. The average molecular weight is 289 g/mol. The summed E-state index contributed by atoms with van der Waals surface area (Å²) in [7, 11) is 0. The van der Waals surface area contributed by atoms with Crippen LogP contribution in [0, 0.1) is 0 Å². The minimum atomic E-state index is 0.103. The zero-order chi connectivity index (χ0) is 15.1. The maximum absolute atomic E-state index is 5.71. The lowest BCUT2D eigenvalue weighted by molar-refractivity contribution is 0.569. The van der Waals surface area contributed by atoms with Crippen LogP contribution < -0.4 is 5.73 Å². The van der Waals surface area contributed by atoms with Crippen LogP contribution in [0.1, 0.15) is 52.7 Å². The highest BCUT2D eigenvalue weighted by molar-refractivity contribution is 7.18. The molecule has 0 saturated heterocycles. The molecule has 0 saturated carbocycles. The molecule has 0 unspecified atom stereocenters. The van der Waals surface area contributed by atoms with Gasteiger partial charge in [-0.25, -0.2) is 0 Å². The molecule has 0 spiro atoms. The summed E-state index contributed by atoms with van der Waals surface area (Å²) in [5.41, 5.74) is 9.65. The van der Waals surface area contributed by atoms with Crippen LogP contribution in [0.15, 0.2) is 18.2 Å². The van der Waals surface area contributed by atoms with E-state index >= 15 is 0 Å². The minimum Gasteiger partial charge on any atom is -0.374 e. The van der Waals surface area contributed by atoms with Crippen molar-refractivity contribution in [1.29, 1.82) is 0 Å². The van der Waals surface area contributed by atoms with Gasteiger partial charge in [0.25, 0.3) is 0 Å². The summed E-state index contributed by atoms with van der Waals surface area (Å²) in [5.74, 6) is 0. The maximum Gasteiger partial charge on any atom is 0.203 e. The van der Waals surface area contributed by atoms with Crippen molar-refractivity contribution in [2.75, 3.05) is 5.73 Å². The van der Waals surface area contributed by atoms with Gasteiger partial charge in [-0.15, -0.1) is 10.2 Å². The molecule has 20 heavy (non-hydrogen) atoms. The molecule has 2 aromatic rings. The summed E-state index contributed by atoms with van der Waals surface area (Å²) in [5, 5.41) is 9.50. The first-order valence-corrected chi connectivity index (χ1v) is 7.64. The van der Waals surface area contributed by atoms with E-state index in [0.29, 0.717) is 5.13 Å². The van der Waals surface area contributed by atoms with E-state index < -0.39 is 0 Å². The van der Waals surface area contributed by atoms with Crippen molar-refractivity contribution in [2.45, 2.75) is 52.4 Å². The third-order valence-electron chi connectivity index (χ3n) is 3.35. The third-order valence-corrected chi connectivity index (χ3v) is 4.15. The van der Waals surface area contributed by atoms with Crippen molar-refractivity contribution >= 4 is 16.5 Å². The van der Waals surface area contributed by atoms with Gasteiger partial charge in [0.1, 0.15) is 5.01 Å². The number of nitrogens with zero attached hydrogens (tertiary/aromatic N) is 2. The van der Waals surface area contributed by atoms with Crippen LogP contribution in [0.2, 0.25) is 0 Å². The molecule has 3 nitrogen and oxygen atoms in total. The fraction of sp³-hybridized carbons (Fsp3) is 0.500. The van der Waals surface area contributed by atoms with E-state index in [9.17, 15) is 0 Å². The fourth-order valence-electron chi connectivity index (χ4n) is 1.97. The molecule has 0 bridgehead atoms. The summed E-state index contributed by atoms with van der Waals surface area (Å²) in [6.45, 7) is 13.4. The number of nitrogens with two attached hydrogens (primary N) is 1. The number of nitrogen functional groups attached to an aromatic ring is 1. The van der Waals surface area contributed by atoms with Crippen molar-refractivity contribution in [3.8, 4) is 10.6 Å². The molecule has 0 aliphatic carbocycles. The van der Waals surface area contributed by atoms with E-state index in [2.05, 4.69) is 69.9 Å². The Morgan fingerprint density at radius 3 is 1.70 bits per heavy atom. The number of anilines is 1. The van der Waals surface area contributed by atoms with Gasteiger partial charge in [0.05, 0.1) is 0 Å². The van der Waals surface area contributed by atoms with E-state index in [1.807, 2.05) is 0 Å². The maximum atomic E-state index is 5.71. The van der Waals surface area contributed by atoms with Gasteiger partial charge in [0, 0.05) is 5.56 Å². The quantitative estimate of drug-likeness (QED) is 0.847. The highest BCUT2D eigenvalue weighted by Crippen LogP contribution is 2.35. The first kappa shape index (κ1) is 15.0. The van der Waals surface area contributed by atoms with Gasteiger partial charge in [0.2, 0.25) is 5.13 Å². The monoisotopic (exact) mass is 289 g/mol. The molecule has 0 atom stereocenters. The minimum absolute atomic E-state index is 0.103. The molecule has 2 rings (SSSR count). The van der Waals surface area contributed by atoms with Crippen LogP contribution in [0.3, 0.4) is 0 Å². The Morgan fingerprint density at radius 2 is 1.35 bits per heavy atom. The van der Waals surface area contributed by atoms with Crippen LogP contribution in [0.4, 0.5) is 5.13 Å². The topological polar surface area (TPSA) is 51.8 Å². The number of aromatic nitrogens is 2. The zero-order valence-electron chi connectivity index (χ0n) is 13.1. The average Bonchev–Trinajstić information content (AvgIpc) is 2.73. The van der Waals surface area contributed by atoms with Crippen LogP contribution in [-0.2, 0) is 10.8 Å². The molecule has 108 valence electrons. The summed E-state index contributed by atoms with van der Waals surface area (Å²) in [6, 6.07) is 6.71. The van der Waals surface area contributed by atoms with E-state index in [1.165, 1.54) is 22.5 Å². The lowest BCUT2D eigenvalue weighted by Crippen LogP contribution is -2.16. The van der Waals surface area contributed by atoms with Gasteiger partial charge >= 0.3 is 0 Å². The van der Waals surface area contributed by atoms with Gasteiger partial charge in [-0.3, -0.25) is 0 Å². The Bertz CT molecular complexity index is 583. The third kappa shape index (κ3) is 3.18. The van der Waals surface area contributed by atoms with Crippen molar-refractivity contribution in [1.82, 2.24) is 10.2 Å². The highest BCUT2D eigenvalue weighted by Gasteiger charge is 2.21. The van der Waals surface area contributed by atoms with E-state index in [0.717, 1.165) is 10.6 Å². The van der Waals surface area contributed by atoms with Crippen LogP contribution in [0.5, 0.6) is 0 Å². The number of rotatable bonds is 1. The molecular weight excluding hydrogens is 266 g/mol. The van der Waals surface area contributed by atoms with Crippen molar-refractivity contribution < 1.29 is 0 Å². The van der Waals surface area contributed by atoms with Crippen molar-refractivity contribution in [3.05, 3.63) is 29.3 Å². The number of hydrogen-bond donors (Lipinski definition) is 1. The SMILES string of the molecule is CC(C)(C)c1cc(-c2nnc(N)s2)cc(C(C)(C)C)c1. The lowest BCUT2D eigenvalue weighted by atomic mass is 9.79. The van der Waals surface area contributed by atoms with E-state index in [1.54, 1.807) is 0 Å². The van der Waals surface area contributed by atoms with Gasteiger partial charge in [-0.05, 0) is 34.1 Å². The zero-order valence-corrected chi connectivity index (χ0v) is 13.9. The summed E-state index contributed by atoms with van der Waals surface area (Å²) >= 11 is 1.44. The predicted octanol–water partition coefficient (Wildman–Crippen LogP) is 4.38. The fourth-order valence-corrected chi connectivity index (χ4v) is 2.57. The van der Waals surface area contributed by atoms with Crippen molar-refractivity contribution in [3.63, 3.8) is 0 Å². The summed E-state index contributed by atoms with van der Waals surface area (Å²) < 4.78 is 0. The molecule has 1 heterocycles. The number of benzene rings is 1. The second-order valence-corrected chi connectivity index (χ2v) is 8.25. The van der Waals surface area contributed by atoms with E-state index in [4.69, 9.17) is 5.73 Å². The molecule has 0 fully saturated rings. The lowest BCUT2D eigenvalue weighted by Gasteiger charge is -2.25. The second-order valence-electron chi connectivity index (χ2n) is 7.24. The second kappa shape index (κ2) is 4.85. The van der Waals surface area contributed by atoms with Crippen molar-refractivity contribution in [2.24, 2.45) is 0 Å². The Kier molecular flexibility index (Phi) is 3.63. The molecule has 0 radical (unpaired) electrons. The molecule has 1 aromatic heterocycles. The largest absolute Gasteiger partial charge is 0.374 e. The Morgan fingerprint density at radius 1 is 0.850 bits per heavy atom. The molecular formula is C16H23N3S. The Balaban J connectivity index is 2.63. The molecule has 0 aliphatic rings. The van der Waals surface area contributed by atoms with Crippen LogP contribution in [-0.4, -0.2) is 10.2 Å². The summed E-state index contributed by atoms with van der Waals surface area (Å²) in [6.07, 6.45) is 0. The first-order chi connectivity index (χ1) is 9.07. The normalized spacial score (nSPS) is 12.7. The van der Waals surface area contributed by atoms with Gasteiger partial charge in [-0.2, -0.15) is 0 Å². The van der Waals surface area contributed by atoms with Gasteiger partial charge in [-0.1, -0.05) is 58.9 Å². The predicted molar refractivity (Wildman–Crippen MR) is 87.2 cm³/mol. The van der Waals surface area contributed by atoms with Gasteiger partial charge in [0.15, 0.2) is 0 Å². The Labute approximate surface area is 125 Å². The molecule has 0 aliphatic heterocycles. The summed E-state index contributed by atoms with van der Waals surface area (Å²) in [4.78, 5) is 0. The molecule has 4 heteroatoms. The molecule has 2 N–H and O–H groups in total. The van der Waals surface area contributed by atoms with Gasteiger partial charge < -0.3 is 5.73 Å². The Hall–Kier alpha value is -1.42. The molecule has 1 aromatic carbocycles. The standard InChI is InChI=1S/C16H23N3S/c1-15(2,3)11-7-10(13-18-19-14(17)20-13)8-12(9-11)16(4,5)6/h7-9H,1-6H3,(H2,17,19). The van der Waals surface area contributed by atoms with Crippen LogP contribution >= 0.6 is 11.3 Å². The highest BCUT2D eigenvalue weighted by atomic mass is 32.1. The smallest absolute Gasteiger partial charge is 0.203 e. The van der Waals surface area contributed by atoms with Crippen LogP contribution in [0.25, 0.3) is 10.6 Å². The first-order valence-electron chi connectivity index (χ1n) is 6.83. The number of hydrogen-bond acceptors (Lipinski definition) is 4.